The van der Waals surface area contributed by atoms with Crippen molar-refractivity contribution in [3.63, 3.8) is 0 Å². The van der Waals surface area contributed by atoms with Gasteiger partial charge in [0, 0.05) is 22.8 Å². The number of aryl methyl sites for hydroxylation is 2. The zero-order valence-corrected chi connectivity index (χ0v) is 10.1. The van der Waals surface area contributed by atoms with Crippen LogP contribution in [-0.4, -0.2) is 23.9 Å². The molecule has 0 atom stereocenters. The zero-order valence-electron chi connectivity index (χ0n) is 9.26. The van der Waals surface area contributed by atoms with Crippen molar-refractivity contribution in [3.05, 3.63) is 21.4 Å². The highest BCUT2D eigenvalue weighted by atomic mass is 32.1. The monoisotopic (exact) mass is 211 g/mol. The molecule has 2 nitrogen and oxygen atoms in total. The SMILES string of the molecule is CCN(CC)C(=O)c1cc(C)sc1C. The van der Waals surface area contributed by atoms with Crippen LogP contribution in [0.3, 0.4) is 0 Å². The standard InChI is InChI=1S/C11H17NOS/c1-5-12(6-2)11(13)10-7-8(3)14-9(10)4/h7H,5-6H2,1-4H3. The normalized spacial score (nSPS) is 10.3. The summed E-state index contributed by atoms with van der Waals surface area (Å²) in [6.45, 7) is 9.63. The molecule has 1 aromatic rings. The van der Waals surface area contributed by atoms with Gasteiger partial charge in [0.25, 0.3) is 5.91 Å². The van der Waals surface area contributed by atoms with E-state index in [1.165, 1.54) is 4.88 Å². The molecule has 1 amide bonds. The van der Waals surface area contributed by atoms with Crippen LogP contribution in [0.1, 0.15) is 34.0 Å². The zero-order chi connectivity index (χ0) is 10.7. The summed E-state index contributed by atoms with van der Waals surface area (Å²) in [5.74, 6) is 0.164. The van der Waals surface area contributed by atoms with Crippen molar-refractivity contribution >= 4 is 17.2 Å². The van der Waals surface area contributed by atoms with E-state index >= 15 is 0 Å². The van der Waals surface area contributed by atoms with Gasteiger partial charge in [-0.1, -0.05) is 0 Å². The van der Waals surface area contributed by atoms with Crippen molar-refractivity contribution in [1.82, 2.24) is 4.90 Å². The summed E-state index contributed by atoms with van der Waals surface area (Å²) in [7, 11) is 0. The number of nitrogens with zero attached hydrogens (tertiary/aromatic N) is 1. The van der Waals surface area contributed by atoms with Gasteiger partial charge in [0.2, 0.25) is 0 Å². The molecule has 0 bridgehead atoms. The summed E-state index contributed by atoms with van der Waals surface area (Å²) >= 11 is 1.69. The third-order valence-corrected chi connectivity index (χ3v) is 3.29. The van der Waals surface area contributed by atoms with Gasteiger partial charge >= 0.3 is 0 Å². The van der Waals surface area contributed by atoms with E-state index in [1.807, 2.05) is 38.7 Å². The van der Waals surface area contributed by atoms with Crippen LogP contribution in [0.5, 0.6) is 0 Å². The van der Waals surface area contributed by atoms with Crippen LogP contribution in [0.25, 0.3) is 0 Å². The molecule has 0 saturated heterocycles. The lowest BCUT2D eigenvalue weighted by Crippen LogP contribution is -2.30. The van der Waals surface area contributed by atoms with Crippen molar-refractivity contribution in [2.45, 2.75) is 27.7 Å². The van der Waals surface area contributed by atoms with Crippen molar-refractivity contribution in [1.29, 1.82) is 0 Å². The van der Waals surface area contributed by atoms with Gasteiger partial charge in [0.15, 0.2) is 0 Å². The Hall–Kier alpha value is -0.830. The number of carbonyl (C=O) groups is 1. The van der Waals surface area contributed by atoms with E-state index in [1.54, 1.807) is 11.3 Å². The number of hydrogen-bond donors (Lipinski definition) is 0. The van der Waals surface area contributed by atoms with Gasteiger partial charge in [-0.25, -0.2) is 0 Å². The maximum atomic E-state index is 12.0. The summed E-state index contributed by atoms with van der Waals surface area (Å²) in [4.78, 5) is 16.2. The summed E-state index contributed by atoms with van der Waals surface area (Å²) < 4.78 is 0. The Morgan fingerprint density at radius 3 is 2.29 bits per heavy atom. The van der Waals surface area contributed by atoms with Crippen LogP contribution >= 0.6 is 11.3 Å². The van der Waals surface area contributed by atoms with Crippen LogP contribution in [0, 0.1) is 13.8 Å². The molecule has 1 rings (SSSR count). The molecule has 78 valence electrons. The van der Waals surface area contributed by atoms with E-state index in [-0.39, 0.29) is 5.91 Å². The molecule has 0 fully saturated rings. The molecule has 0 N–H and O–H groups in total. The Morgan fingerprint density at radius 2 is 1.93 bits per heavy atom. The number of carbonyl (C=O) groups excluding carboxylic acids is 1. The summed E-state index contributed by atoms with van der Waals surface area (Å²) in [5, 5.41) is 0. The van der Waals surface area contributed by atoms with E-state index in [4.69, 9.17) is 0 Å². The van der Waals surface area contributed by atoms with Gasteiger partial charge < -0.3 is 4.90 Å². The fraction of sp³-hybridized carbons (Fsp3) is 0.545. The summed E-state index contributed by atoms with van der Waals surface area (Å²) in [6, 6.07) is 1.99. The average Bonchev–Trinajstić information content (AvgIpc) is 2.47. The Morgan fingerprint density at radius 1 is 1.36 bits per heavy atom. The lowest BCUT2D eigenvalue weighted by atomic mass is 10.2. The predicted octanol–water partition coefficient (Wildman–Crippen LogP) is 2.85. The van der Waals surface area contributed by atoms with Gasteiger partial charge in [-0.2, -0.15) is 0 Å². The molecule has 0 saturated carbocycles. The topological polar surface area (TPSA) is 20.3 Å². The van der Waals surface area contributed by atoms with E-state index in [9.17, 15) is 4.79 Å². The Balaban J connectivity index is 2.93. The largest absolute Gasteiger partial charge is 0.339 e. The molecular formula is C11H17NOS. The van der Waals surface area contributed by atoms with Crippen molar-refractivity contribution in [2.24, 2.45) is 0 Å². The molecule has 0 aliphatic rings. The number of thiophene rings is 1. The quantitative estimate of drug-likeness (QED) is 0.753. The molecular weight excluding hydrogens is 194 g/mol. The minimum atomic E-state index is 0.164. The van der Waals surface area contributed by atoms with E-state index in [0.29, 0.717) is 0 Å². The first-order valence-electron chi connectivity index (χ1n) is 4.96. The van der Waals surface area contributed by atoms with Crippen LogP contribution in [0.4, 0.5) is 0 Å². The third-order valence-electron chi connectivity index (χ3n) is 2.32. The van der Waals surface area contributed by atoms with Crippen LogP contribution in [-0.2, 0) is 0 Å². The summed E-state index contributed by atoms with van der Waals surface area (Å²) in [5.41, 5.74) is 0.871. The van der Waals surface area contributed by atoms with E-state index in [2.05, 4.69) is 0 Å². The molecule has 0 aromatic carbocycles. The van der Waals surface area contributed by atoms with Crippen molar-refractivity contribution in [3.8, 4) is 0 Å². The molecule has 0 unspecified atom stereocenters. The molecule has 14 heavy (non-hydrogen) atoms. The molecule has 0 radical (unpaired) electrons. The maximum absolute atomic E-state index is 12.0. The first-order valence-corrected chi connectivity index (χ1v) is 5.78. The Kier molecular flexibility index (Phi) is 3.69. The molecule has 0 aliphatic heterocycles. The van der Waals surface area contributed by atoms with Crippen molar-refractivity contribution in [2.75, 3.05) is 13.1 Å². The molecule has 0 spiro atoms. The van der Waals surface area contributed by atoms with E-state index in [0.717, 1.165) is 23.5 Å². The third kappa shape index (κ3) is 2.15. The highest BCUT2D eigenvalue weighted by molar-refractivity contribution is 7.12. The molecule has 1 aromatic heterocycles. The van der Waals surface area contributed by atoms with E-state index < -0.39 is 0 Å². The molecule has 3 heteroatoms. The molecule has 0 aliphatic carbocycles. The van der Waals surface area contributed by atoms with Gasteiger partial charge in [0.1, 0.15) is 0 Å². The Labute approximate surface area is 89.5 Å². The Bertz CT molecular complexity index is 326. The molecule has 1 heterocycles. The lowest BCUT2D eigenvalue weighted by molar-refractivity contribution is 0.0773. The fourth-order valence-electron chi connectivity index (χ4n) is 1.52. The van der Waals surface area contributed by atoms with Gasteiger partial charge in [-0.15, -0.1) is 11.3 Å². The summed E-state index contributed by atoms with van der Waals surface area (Å²) in [6.07, 6.45) is 0. The number of rotatable bonds is 3. The number of amides is 1. The minimum absolute atomic E-state index is 0.164. The highest BCUT2D eigenvalue weighted by Gasteiger charge is 2.16. The second-order valence-electron chi connectivity index (χ2n) is 3.30. The minimum Gasteiger partial charge on any atom is -0.339 e. The van der Waals surface area contributed by atoms with Crippen molar-refractivity contribution < 1.29 is 4.79 Å². The van der Waals surface area contributed by atoms with Gasteiger partial charge in [0.05, 0.1) is 5.56 Å². The second-order valence-corrected chi connectivity index (χ2v) is 4.76. The van der Waals surface area contributed by atoms with Crippen LogP contribution in [0.2, 0.25) is 0 Å². The maximum Gasteiger partial charge on any atom is 0.254 e. The van der Waals surface area contributed by atoms with Gasteiger partial charge in [-0.3, -0.25) is 4.79 Å². The highest BCUT2D eigenvalue weighted by Crippen LogP contribution is 2.21. The van der Waals surface area contributed by atoms with Gasteiger partial charge in [-0.05, 0) is 33.8 Å². The predicted molar refractivity (Wildman–Crippen MR) is 61.0 cm³/mol. The smallest absolute Gasteiger partial charge is 0.254 e. The second kappa shape index (κ2) is 4.60. The van der Waals surface area contributed by atoms with Crippen LogP contribution in [0.15, 0.2) is 6.07 Å². The first kappa shape index (κ1) is 11.2. The number of hydrogen-bond acceptors (Lipinski definition) is 2. The average molecular weight is 211 g/mol. The fourth-order valence-corrected chi connectivity index (χ4v) is 2.44. The lowest BCUT2D eigenvalue weighted by Gasteiger charge is -2.18. The van der Waals surface area contributed by atoms with Crippen LogP contribution < -0.4 is 0 Å². The first-order chi connectivity index (χ1) is 6.60.